The van der Waals surface area contributed by atoms with Gasteiger partial charge in [-0.3, -0.25) is 0 Å². The molecular formula is C5H9NO. The topological polar surface area (TPSA) is 33.0 Å². The summed E-state index contributed by atoms with van der Waals surface area (Å²) in [5.41, 5.74) is 0. The maximum Gasteiger partial charge on any atom is 0.0673 e. The van der Waals surface area contributed by atoms with Crippen LogP contribution in [0.3, 0.4) is 0 Å². The van der Waals surface area contributed by atoms with E-state index in [1.54, 1.807) is 7.11 Å². The molecule has 0 bridgehead atoms. The minimum absolute atomic E-state index is 0.0880. The van der Waals surface area contributed by atoms with Gasteiger partial charge in [-0.05, 0) is 6.92 Å². The molecule has 0 aliphatic carbocycles. The van der Waals surface area contributed by atoms with E-state index in [9.17, 15) is 0 Å². The molecule has 0 aromatic carbocycles. The molecular weight excluding hydrogens is 90.1 g/mol. The molecule has 0 radical (unpaired) electrons. The van der Waals surface area contributed by atoms with E-state index in [1.165, 1.54) is 0 Å². The van der Waals surface area contributed by atoms with E-state index in [2.05, 4.69) is 0 Å². The van der Waals surface area contributed by atoms with Crippen molar-refractivity contribution in [1.29, 1.82) is 5.26 Å². The van der Waals surface area contributed by atoms with Crippen LogP contribution in [0.15, 0.2) is 0 Å². The first-order valence-electron chi connectivity index (χ1n) is 2.21. The van der Waals surface area contributed by atoms with Crippen molar-refractivity contribution >= 4 is 0 Å². The summed E-state index contributed by atoms with van der Waals surface area (Å²) in [6.07, 6.45) is 0.571. The number of rotatable bonds is 2. The van der Waals surface area contributed by atoms with Crippen molar-refractivity contribution in [2.75, 3.05) is 7.11 Å². The molecule has 0 aliphatic heterocycles. The molecule has 40 valence electrons. The van der Waals surface area contributed by atoms with E-state index >= 15 is 0 Å². The fraction of sp³-hybridized carbons (Fsp3) is 0.800. The highest BCUT2D eigenvalue weighted by molar-refractivity contribution is 4.72. The summed E-state index contributed by atoms with van der Waals surface area (Å²) < 4.78 is 4.77. The first-order valence-corrected chi connectivity index (χ1v) is 2.21. The summed E-state index contributed by atoms with van der Waals surface area (Å²) in [4.78, 5) is 0. The van der Waals surface area contributed by atoms with Crippen LogP contribution in [-0.2, 0) is 4.74 Å². The van der Waals surface area contributed by atoms with E-state index in [4.69, 9.17) is 10.00 Å². The minimum Gasteiger partial charge on any atom is -0.381 e. The van der Waals surface area contributed by atoms with E-state index < -0.39 is 0 Å². The van der Waals surface area contributed by atoms with Gasteiger partial charge in [0.05, 0.1) is 18.6 Å². The highest BCUT2D eigenvalue weighted by atomic mass is 16.5. The van der Waals surface area contributed by atoms with Crippen LogP contribution in [0, 0.1) is 11.3 Å². The van der Waals surface area contributed by atoms with Crippen LogP contribution in [0.5, 0.6) is 0 Å². The largest absolute Gasteiger partial charge is 0.381 e. The molecule has 0 saturated heterocycles. The second kappa shape index (κ2) is 3.63. The fourth-order valence-corrected chi connectivity index (χ4v) is 0.212. The average Bonchev–Trinajstić information content (AvgIpc) is 1.68. The van der Waals surface area contributed by atoms with Crippen LogP contribution in [0.2, 0.25) is 0 Å². The summed E-state index contributed by atoms with van der Waals surface area (Å²) >= 11 is 0. The van der Waals surface area contributed by atoms with Gasteiger partial charge in [0.2, 0.25) is 0 Å². The van der Waals surface area contributed by atoms with Crippen LogP contribution in [0.25, 0.3) is 0 Å². The van der Waals surface area contributed by atoms with Crippen LogP contribution in [0.1, 0.15) is 13.3 Å². The Morgan fingerprint density at radius 1 is 1.86 bits per heavy atom. The molecule has 0 aliphatic rings. The third-order valence-corrected chi connectivity index (χ3v) is 0.781. The maximum atomic E-state index is 8.04. The van der Waals surface area contributed by atoms with Gasteiger partial charge in [0.25, 0.3) is 0 Å². The Kier molecular flexibility index (Phi) is 3.35. The number of nitrogens with zero attached hydrogens (tertiary/aromatic N) is 1. The average molecular weight is 99.1 g/mol. The zero-order valence-electron chi connectivity index (χ0n) is 4.64. The highest BCUT2D eigenvalue weighted by Crippen LogP contribution is 1.90. The molecule has 0 amide bonds. The number of methoxy groups -OCH3 is 1. The van der Waals surface area contributed by atoms with Gasteiger partial charge < -0.3 is 4.74 Å². The first-order chi connectivity index (χ1) is 3.31. The lowest BCUT2D eigenvalue weighted by Gasteiger charge is -1.99. The minimum atomic E-state index is 0.0880. The van der Waals surface area contributed by atoms with Crippen molar-refractivity contribution < 1.29 is 4.74 Å². The van der Waals surface area contributed by atoms with Gasteiger partial charge in [-0.15, -0.1) is 0 Å². The van der Waals surface area contributed by atoms with Crippen molar-refractivity contribution in [2.45, 2.75) is 19.4 Å². The molecule has 2 nitrogen and oxygen atoms in total. The number of hydrogen-bond acceptors (Lipinski definition) is 2. The zero-order chi connectivity index (χ0) is 5.70. The first kappa shape index (κ1) is 6.45. The second-order valence-corrected chi connectivity index (χ2v) is 1.41. The van der Waals surface area contributed by atoms with Gasteiger partial charge in [0.15, 0.2) is 0 Å². The molecule has 0 rings (SSSR count). The highest BCUT2D eigenvalue weighted by Gasteiger charge is 1.93. The van der Waals surface area contributed by atoms with Crippen molar-refractivity contribution in [1.82, 2.24) is 0 Å². The van der Waals surface area contributed by atoms with Crippen molar-refractivity contribution in [3.63, 3.8) is 0 Å². The monoisotopic (exact) mass is 99.1 g/mol. The Morgan fingerprint density at radius 2 is 2.43 bits per heavy atom. The smallest absolute Gasteiger partial charge is 0.0673 e. The Balaban J connectivity index is 3.03. The standard InChI is InChI=1S/C5H9NO/c1-5(7-2)3-4-6/h5H,3H2,1-2H3. The Bertz CT molecular complexity index is 74.6. The maximum absolute atomic E-state index is 8.04. The molecule has 2 heteroatoms. The molecule has 1 atom stereocenters. The lowest BCUT2D eigenvalue weighted by Crippen LogP contribution is -2.01. The third-order valence-electron chi connectivity index (χ3n) is 0.781. The SMILES string of the molecule is COC(C)CC#N. The molecule has 0 heterocycles. The van der Waals surface area contributed by atoms with Crippen molar-refractivity contribution in [2.24, 2.45) is 0 Å². The molecule has 0 aromatic heterocycles. The third kappa shape index (κ3) is 3.28. The normalized spacial score (nSPS) is 12.7. The van der Waals surface area contributed by atoms with E-state index in [1.807, 2.05) is 13.0 Å². The Morgan fingerprint density at radius 3 is 2.57 bits per heavy atom. The number of nitriles is 1. The van der Waals surface area contributed by atoms with Gasteiger partial charge in [-0.25, -0.2) is 0 Å². The fourth-order valence-electron chi connectivity index (χ4n) is 0.212. The van der Waals surface area contributed by atoms with Gasteiger partial charge >= 0.3 is 0 Å². The lowest BCUT2D eigenvalue weighted by molar-refractivity contribution is 0.122. The van der Waals surface area contributed by atoms with Crippen LogP contribution in [-0.4, -0.2) is 13.2 Å². The molecule has 0 spiro atoms. The molecule has 0 N–H and O–H groups in total. The van der Waals surface area contributed by atoms with Gasteiger partial charge in [-0.2, -0.15) is 5.26 Å². The Hall–Kier alpha value is -0.550. The van der Waals surface area contributed by atoms with Crippen LogP contribution in [0.4, 0.5) is 0 Å². The molecule has 0 saturated carbocycles. The predicted octanol–water partition coefficient (Wildman–Crippen LogP) is 0.935. The van der Waals surface area contributed by atoms with Gasteiger partial charge in [-0.1, -0.05) is 0 Å². The summed E-state index contributed by atoms with van der Waals surface area (Å²) in [5.74, 6) is 0. The Labute approximate surface area is 43.7 Å². The molecule has 0 aromatic rings. The van der Waals surface area contributed by atoms with E-state index in [-0.39, 0.29) is 6.10 Å². The van der Waals surface area contributed by atoms with E-state index in [0.717, 1.165) is 0 Å². The lowest BCUT2D eigenvalue weighted by atomic mass is 10.3. The van der Waals surface area contributed by atoms with E-state index in [0.29, 0.717) is 6.42 Å². The second-order valence-electron chi connectivity index (χ2n) is 1.41. The molecule has 7 heavy (non-hydrogen) atoms. The molecule has 1 unspecified atom stereocenters. The summed E-state index contributed by atoms with van der Waals surface area (Å²) in [6.45, 7) is 1.86. The van der Waals surface area contributed by atoms with Gasteiger partial charge in [0, 0.05) is 7.11 Å². The predicted molar refractivity (Wildman–Crippen MR) is 26.7 cm³/mol. The number of hydrogen-bond donors (Lipinski definition) is 0. The van der Waals surface area contributed by atoms with Crippen molar-refractivity contribution in [3.05, 3.63) is 0 Å². The van der Waals surface area contributed by atoms with Gasteiger partial charge in [0.1, 0.15) is 0 Å². The summed E-state index contributed by atoms with van der Waals surface area (Å²) in [7, 11) is 1.60. The zero-order valence-corrected chi connectivity index (χ0v) is 4.64. The quantitative estimate of drug-likeness (QED) is 0.516. The number of ether oxygens (including phenoxy) is 1. The summed E-state index contributed by atoms with van der Waals surface area (Å²) in [6, 6.07) is 1.99. The van der Waals surface area contributed by atoms with Crippen LogP contribution < -0.4 is 0 Å². The molecule has 0 fully saturated rings. The summed E-state index contributed by atoms with van der Waals surface area (Å²) in [5, 5.41) is 8.04. The van der Waals surface area contributed by atoms with Crippen molar-refractivity contribution in [3.8, 4) is 6.07 Å². The van der Waals surface area contributed by atoms with Crippen LogP contribution >= 0.6 is 0 Å².